The SMILES string of the molecule is CCOC(=O)c1cc2cc(Cn3cc(C(O)(CC)C(F)(F)F)nn3)ccn2c1-c1cnc2ccccc2c1. The lowest BCUT2D eigenvalue weighted by Crippen LogP contribution is -2.42. The number of pyridine rings is 2. The van der Waals surface area contributed by atoms with E-state index in [0.717, 1.165) is 22.7 Å². The molecule has 196 valence electrons. The molecule has 0 spiro atoms. The molecule has 0 amide bonds. The molecule has 1 aromatic carbocycles. The van der Waals surface area contributed by atoms with Crippen LogP contribution in [0.5, 0.6) is 0 Å². The molecule has 4 heterocycles. The van der Waals surface area contributed by atoms with Crippen LogP contribution < -0.4 is 0 Å². The van der Waals surface area contributed by atoms with E-state index in [4.69, 9.17) is 4.74 Å². The summed E-state index contributed by atoms with van der Waals surface area (Å²) in [5.41, 5.74) is 0.273. The van der Waals surface area contributed by atoms with Gasteiger partial charge >= 0.3 is 12.1 Å². The van der Waals surface area contributed by atoms with Crippen molar-refractivity contribution in [2.24, 2.45) is 0 Å². The highest BCUT2D eigenvalue weighted by Crippen LogP contribution is 2.40. The highest BCUT2D eigenvalue weighted by molar-refractivity contribution is 6.00. The number of rotatable bonds is 7. The van der Waals surface area contributed by atoms with Crippen LogP contribution in [0.4, 0.5) is 13.2 Å². The first-order valence-electron chi connectivity index (χ1n) is 12.0. The van der Waals surface area contributed by atoms with Crippen LogP contribution in [-0.4, -0.2) is 48.2 Å². The Morgan fingerprint density at radius 3 is 2.63 bits per heavy atom. The van der Waals surface area contributed by atoms with Gasteiger partial charge in [0.1, 0.15) is 5.69 Å². The number of aromatic nitrogens is 5. The van der Waals surface area contributed by atoms with Crippen LogP contribution in [0.2, 0.25) is 0 Å². The fourth-order valence-electron chi connectivity index (χ4n) is 4.46. The van der Waals surface area contributed by atoms with Gasteiger partial charge in [-0.3, -0.25) is 4.98 Å². The van der Waals surface area contributed by atoms with Crippen LogP contribution in [0.3, 0.4) is 0 Å². The first-order valence-corrected chi connectivity index (χ1v) is 12.0. The Hall–Kier alpha value is -4.25. The minimum absolute atomic E-state index is 0.105. The number of fused-ring (bicyclic) bond motifs is 2. The van der Waals surface area contributed by atoms with Crippen molar-refractivity contribution in [2.45, 2.75) is 38.6 Å². The first kappa shape index (κ1) is 25.4. The molecule has 8 nitrogen and oxygen atoms in total. The lowest BCUT2D eigenvalue weighted by molar-refractivity contribution is -0.269. The Morgan fingerprint density at radius 1 is 1.11 bits per heavy atom. The molecule has 0 aliphatic carbocycles. The van der Waals surface area contributed by atoms with Crippen LogP contribution >= 0.6 is 0 Å². The summed E-state index contributed by atoms with van der Waals surface area (Å²) < 4.78 is 48.6. The number of halogens is 3. The third-order valence-electron chi connectivity index (χ3n) is 6.48. The zero-order chi connectivity index (χ0) is 27.1. The topological polar surface area (TPSA) is 94.5 Å². The molecule has 0 radical (unpaired) electrons. The predicted molar refractivity (Wildman–Crippen MR) is 133 cm³/mol. The second kappa shape index (κ2) is 9.56. The number of para-hydroxylation sites is 1. The number of carbonyl (C=O) groups is 1. The Bertz CT molecular complexity index is 1640. The van der Waals surface area contributed by atoms with Crippen molar-refractivity contribution in [3.05, 3.63) is 83.9 Å². The molecule has 1 unspecified atom stereocenters. The number of ether oxygens (including phenoxy) is 1. The van der Waals surface area contributed by atoms with Crippen molar-refractivity contribution in [3.63, 3.8) is 0 Å². The summed E-state index contributed by atoms with van der Waals surface area (Å²) >= 11 is 0. The highest BCUT2D eigenvalue weighted by atomic mass is 19.4. The van der Waals surface area contributed by atoms with Gasteiger partial charge in [-0.05, 0) is 49.2 Å². The maximum atomic E-state index is 13.4. The fourth-order valence-corrected chi connectivity index (χ4v) is 4.46. The molecule has 5 aromatic rings. The smallest absolute Gasteiger partial charge is 0.423 e. The van der Waals surface area contributed by atoms with Gasteiger partial charge in [0.2, 0.25) is 5.60 Å². The van der Waals surface area contributed by atoms with Gasteiger partial charge in [0, 0.05) is 28.9 Å². The standard InChI is InChI=1S/C27H24F3N5O3/c1-3-26(37,27(28,29)30)23-16-34(33-32-23)15-17-9-10-35-20(11-17)13-21(25(36)38-4-2)24(35)19-12-18-7-5-6-8-22(18)31-14-19/h5-14,16,37H,3-4,15H2,1-2H3. The van der Waals surface area contributed by atoms with Crippen LogP contribution in [0.15, 0.2) is 67.1 Å². The number of nitrogens with zero attached hydrogens (tertiary/aromatic N) is 5. The van der Waals surface area contributed by atoms with Crippen molar-refractivity contribution < 1.29 is 27.8 Å². The Kier molecular flexibility index (Phi) is 6.39. The molecular formula is C27H24F3N5O3. The molecule has 11 heteroatoms. The molecule has 0 fully saturated rings. The minimum atomic E-state index is -4.88. The van der Waals surface area contributed by atoms with Gasteiger partial charge in [0.25, 0.3) is 0 Å². The van der Waals surface area contributed by atoms with E-state index in [0.29, 0.717) is 22.3 Å². The molecule has 1 atom stereocenters. The normalized spacial score (nSPS) is 13.6. The molecule has 0 bridgehead atoms. The number of alkyl halides is 3. The maximum absolute atomic E-state index is 13.4. The quantitative estimate of drug-likeness (QED) is 0.297. The number of carbonyl (C=O) groups excluding carboxylic acids is 1. The summed E-state index contributed by atoms with van der Waals surface area (Å²) in [6, 6.07) is 14.9. The molecule has 1 N–H and O–H groups in total. The van der Waals surface area contributed by atoms with Crippen molar-refractivity contribution in [2.75, 3.05) is 6.61 Å². The van der Waals surface area contributed by atoms with E-state index in [-0.39, 0.29) is 13.2 Å². The van der Waals surface area contributed by atoms with Gasteiger partial charge in [-0.2, -0.15) is 13.2 Å². The highest BCUT2D eigenvalue weighted by Gasteiger charge is 2.55. The second-order valence-electron chi connectivity index (χ2n) is 8.89. The number of hydrogen-bond acceptors (Lipinski definition) is 6. The lowest BCUT2D eigenvalue weighted by atomic mass is 9.96. The zero-order valence-electron chi connectivity index (χ0n) is 20.6. The average molecular weight is 524 g/mol. The van der Waals surface area contributed by atoms with Crippen molar-refractivity contribution >= 4 is 22.4 Å². The zero-order valence-corrected chi connectivity index (χ0v) is 20.6. The van der Waals surface area contributed by atoms with E-state index in [1.807, 2.05) is 34.7 Å². The van der Waals surface area contributed by atoms with Crippen molar-refractivity contribution in [1.82, 2.24) is 24.4 Å². The van der Waals surface area contributed by atoms with E-state index >= 15 is 0 Å². The molecule has 4 aromatic heterocycles. The molecule has 0 saturated carbocycles. The number of hydrogen-bond donors (Lipinski definition) is 1. The van der Waals surface area contributed by atoms with Gasteiger partial charge in [-0.25, -0.2) is 9.48 Å². The lowest BCUT2D eigenvalue weighted by Gasteiger charge is -2.26. The Morgan fingerprint density at radius 2 is 1.89 bits per heavy atom. The fraction of sp³-hybridized carbons (Fsp3) is 0.259. The van der Waals surface area contributed by atoms with Gasteiger partial charge in [0.05, 0.1) is 36.1 Å². The van der Waals surface area contributed by atoms with Crippen molar-refractivity contribution in [3.8, 4) is 11.3 Å². The molecular weight excluding hydrogens is 499 g/mol. The van der Waals surface area contributed by atoms with Gasteiger partial charge in [-0.15, -0.1) is 5.10 Å². The maximum Gasteiger partial charge on any atom is 0.423 e. The summed E-state index contributed by atoms with van der Waals surface area (Å²) in [6.07, 6.45) is -0.907. The number of aliphatic hydroxyl groups is 1. The van der Waals surface area contributed by atoms with Gasteiger partial charge in [0.15, 0.2) is 0 Å². The largest absolute Gasteiger partial charge is 0.462 e. The molecule has 0 aliphatic heterocycles. The summed E-state index contributed by atoms with van der Waals surface area (Å²) in [6.45, 7) is 3.28. The molecule has 0 saturated heterocycles. The van der Waals surface area contributed by atoms with Crippen LogP contribution in [0.1, 0.15) is 41.9 Å². The second-order valence-corrected chi connectivity index (χ2v) is 8.89. The van der Waals surface area contributed by atoms with E-state index in [9.17, 15) is 23.1 Å². The summed E-state index contributed by atoms with van der Waals surface area (Å²) in [5, 5.41) is 18.4. The van der Waals surface area contributed by atoms with Gasteiger partial charge < -0.3 is 14.2 Å². The average Bonchev–Trinajstić information content (AvgIpc) is 3.52. The first-order chi connectivity index (χ1) is 18.1. The molecule has 5 rings (SSSR count). The molecule has 38 heavy (non-hydrogen) atoms. The third kappa shape index (κ3) is 4.38. The monoisotopic (exact) mass is 523 g/mol. The number of esters is 1. The number of benzene rings is 1. The van der Waals surface area contributed by atoms with Crippen molar-refractivity contribution in [1.29, 1.82) is 0 Å². The van der Waals surface area contributed by atoms with Crippen LogP contribution in [0, 0.1) is 0 Å². The molecule has 0 aliphatic rings. The van der Waals surface area contributed by atoms with E-state index < -0.39 is 29.9 Å². The summed E-state index contributed by atoms with van der Waals surface area (Å²) in [7, 11) is 0. The summed E-state index contributed by atoms with van der Waals surface area (Å²) in [4.78, 5) is 17.4. The van der Waals surface area contributed by atoms with E-state index in [1.165, 1.54) is 11.6 Å². The minimum Gasteiger partial charge on any atom is -0.462 e. The Balaban J connectivity index is 1.54. The predicted octanol–water partition coefficient (Wildman–Crippen LogP) is 5.13. The van der Waals surface area contributed by atoms with Crippen LogP contribution in [0.25, 0.3) is 27.7 Å². The summed E-state index contributed by atoms with van der Waals surface area (Å²) in [5.74, 6) is -0.479. The van der Waals surface area contributed by atoms with Gasteiger partial charge in [-0.1, -0.05) is 30.3 Å². The third-order valence-corrected chi connectivity index (χ3v) is 6.48. The Labute approximate surface area is 215 Å². The van der Waals surface area contributed by atoms with E-state index in [2.05, 4.69) is 15.3 Å². The van der Waals surface area contributed by atoms with Crippen LogP contribution in [-0.2, 0) is 16.9 Å². The van der Waals surface area contributed by atoms with E-state index in [1.54, 1.807) is 37.5 Å².